The Labute approximate surface area is 122 Å². The predicted octanol–water partition coefficient (Wildman–Crippen LogP) is 3.28. The molecular weight excluding hydrogens is 276 g/mol. The van der Waals surface area contributed by atoms with Crippen LogP contribution < -0.4 is 0 Å². The van der Waals surface area contributed by atoms with Crippen LogP contribution in [0.2, 0.25) is 0 Å². The molecule has 0 unspecified atom stereocenters. The van der Waals surface area contributed by atoms with Crippen molar-refractivity contribution >= 4 is 35.1 Å². The number of hydrogen-bond acceptors (Lipinski definition) is 3. The largest absolute Gasteiger partial charge is 0.328 e. The van der Waals surface area contributed by atoms with Gasteiger partial charge in [-0.2, -0.15) is 16.9 Å². The summed E-state index contributed by atoms with van der Waals surface area (Å²) in [7, 11) is 2.01. The highest BCUT2D eigenvalue weighted by molar-refractivity contribution is 8.00. The average Bonchev–Trinajstić information content (AvgIpc) is 3.00. The second kappa shape index (κ2) is 4.66. The molecule has 6 heteroatoms. The van der Waals surface area contributed by atoms with Crippen LogP contribution in [0.5, 0.6) is 0 Å². The molecule has 1 aliphatic rings. The molecule has 2 heterocycles. The summed E-state index contributed by atoms with van der Waals surface area (Å²) in [5, 5.41) is 4.63. The lowest BCUT2D eigenvalue weighted by atomic mass is 10.2. The number of fused-ring (bicyclic) bond motifs is 1. The molecule has 3 rings (SSSR count). The smallest absolute Gasteiger partial charge is 0.179 e. The molecular formula is C13H20N4S2. The van der Waals surface area contributed by atoms with Gasteiger partial charge in [-0.05, 0) is 37.7 Å². The Balaban J connectivity index is 2.09. The quantitative estimate of drug-likeness (QED) is 0.861. The Bertz CT molecular complexity index is 660. The number of thioether (sulfide) groups is 1. The number of imidazole rings is 1. The number of aromatic amines is 1. The van der Waals surface area contributed by atoms with Crippen molar-refractivity contribution in [3.63, 3.8) is 0 Å². The van der Waals surface area contributed by atoms with Gasteiger partial charge in [0, 0.05) is 18.3 Å². The van der Waals surface area contributed by atoms with Crippen molar-refractivity contribution in [1.82, 2.24) is 19.3 Å². The van der Waals surface area contributed by atoms with Gasteiger partial charge in [0.2, 0.25) is 0 Å². The molecule has 2 aromatic rings. The van der Waals surface area contributed by atoms with Crippen LogP contribution in [0.3, 0.4) is 0 Å². The van der Waals surface area contributed by atoms with Crippen LogP contribution >= 0.6 is 24.0 Å². The molecule has 0 bridgehead atoms. The van der Waals surface area contributed by atoms with Crippen molar-refractivity contribution in [2.24, 2.45) is 7.05 Å². The Morgan fingerprint density at radius 3 is 2.79 bits per heavy atom. The van der Waals surface area contributed by atoms with E-state index in [9.17, 15) is 0 Å². The average molecular weight is 296 g/mol. The van der Waals surface area contributed by atoms with Gasteiger partial charge in [-0.15, -0.1) is 0 Å². The standard InChI is InChI=1S/C13H20N4S2/c1-4-5-9-10-11(16(2)15-9)17(12(18)14-10)8-13(19-3)6-7-13/h4-8H2,1-3H3,(H,14,18). The lowest BCUT2D eigenvalue weighted by Crippen LogP contribution is -2.15. The maximum absolute atomic E-state index is 5.51. The van der Waals surface area contributed by atoms with Crippen LogP contribution in [0, 0.1) is 4.77 Å². The summed E-state index contributed by atoms with van der Waals surface area (Å²) in [4.78, 5) is 3.36. The number of hydrogen-bond donors (Lipinski definition) is 1. The van der Waals surface area contributed by atoms with Gasteiger partial charge in [-0.25, -0.2) is 0 Å². The van der Waals surface area contributed by atoms with E-state index in [1.54, 1.807) is 0 Å². The minimum absolute atomic E-state index is 0.405. The molecule has 0 spiro atoms. The molecule has 1 N–H and O–H groups in total. The number of nitrogens with zero attached hydrogens (tertiary/aromatic N) is 3. The minimum Gasteiger partial charge on any atom is -0.328 e. The first-order valence-corrected chi connectivity index (χ1v) is 8.43. The predicted molar refractivity (Wildman–Crippen MR) is 83.4 cm³/mol. The van der Waals surface area contributed by atoms with Crippen LogP contribution in [0.15, 0.2) is 0 Å². The Kier molecular flexibility index (Phi) is 3.25. The van der Waals surface area contributed by atoms with Crippen molar-refractivity contribution in [3.05, 3.63) is 10.5 Å². The molecule has 0 saturated heterocycles. The fraction of sp³-hybridized carbons (Fsp3) is 0.692. The molecule has 1 aliphatic carbocycles. The second-order valence-corrected chi connectivity index (χ2v) is 7.08. The third-order valence-corrected chi connectivity index (χ3v) is 5.72. The van der Waals surface area contributed by atoms with Gasteiger partial charge in [0.05, 0.1) is 5.69 Å². The maximum Gasteiger partial charge on any atom is 0.179 e. The molecule has 0 aromatic carbocycles. The van der Waals surface area contributed by atoms with Gasteiger partial charge in [0.1, 0.15) is 5.52 Å². The first-order valence-electron chi connectivity index (χ1n) is 6.80. The van der Waals surface area contributed by atoms with Crippen molar-refractivity contribution < 1.29 is 0 Å². The van der Waals surface area contributed by atoms with Crippen LogP contribution in [-0.4, -0.2) is 30.3 Å². The number of rotatable bonds is 5. The summed E-state index contributed by atoms with van der Waals surface area (Å²) in [5.41, 5.74) is 3.42. The zero-order chi connectivity index (χ0) is 13.6. The van der Waals surface area contributed by atoms with Gasteiger partial charge in [-0.1, -0.05) is 13.3 Å². The van der Waals surface area contributed by atoms with E-state index in [4.69, 9.17) is 12.2 Å². The molecule has 0 radical (unpaired) electrons. The highest BCUT2D eigenvalue weighted by Gasteiger charge is 2.42. The van der Waals surface area contributed by atoms with Crippen LogP contribution in [0.1, 0.15) is 31.9 Å². The van der Waals surface area contributed by atoms with Gasteiger partial charge < -0.3 is 9.55 Å². The van der Waals surface area contributed by atoms with E-state index in [1.165, 1.54) is 12.8 Å². The zero-order valence-electron chi connectivity index (χ0n) is 11.7. The monoisotopic (exact) mass is 296 g/mol. The van der Waals surface area contributed by atoms with Gasteiger partial charge in [0.15, 0.2) is 10.4 Å². The van der Waals surface area contributed by atoms with Crippen molar-refractivity contribution in [2.45, 2.75) is 43.9 Å². The third-order valence-electron chi connectivity index (χ3n) is 4.00. The molecule has 1 fully saturated rings. The van der Waals surface area contributed by atoms with E-state index in [0.717, 1.165) is 41.0 Å². The summed E-state index contributed by atoms with van der Waals surface area (Å²) < 4.78 is 5.45. The van der Waals surface area contributed by atoms with Crippen molar-refractivity contribution in [1.29, 1.82) is 0 Å². The maximum atomic E-state index is 5.51. The number of H-pyrrole nitrogens is 1. The van der Waals surface area contributed by atoms with Crippen molar-refractivity contribution in [2.75, 3.05) is 6.26 Å². The normalized spacial score (nSPS) is 17.2. The summed E-state index contributed by atoms with van der Waals surface area (Å²) in [5.74, 6) is 0. The summed E-state index contributed by atoms with van der Waals surface area (Å²) in [6, 6.07) is 0. The minimum atomic E-state index is 0.405. The summed E-state index contributed by atoms with van der Waals surface area (Å²) in [6.45, 7) is 3.18. The van der Waals surface area contributed by atoms with E-state index in [-0.39, 0.29) is 0 Å². The molecule has 0 atom stereocenters. The van der Waals surface area contributed by atoms with Crippen LogP contribution in [-0.2, 0) is 20.0 Å². The second-order valence-electron chi connectivity index (χ2n) is 5.42. The lowest BCUT2D eigenvalue weighted by molar-refractivity contribution is 0.637. The van der Waals surface area contributed by atoms with E-state index in [2.05, 4.69) is 27.8 Å². The van der Waals surface area contributed by atoms with E-state index < -0.39 is 0 Å². The van der Waals surface area contributed by atoms with E-state index in [1.807, 2.05) is 23.5 Å². The molecule has 4 nitrogen and oxygen atoms in total. The first-order chi connectivity index (χ1) is 9.10. The Morgan fingerprint density at radius 1 is 1.47 bits per heavy atom. The lowest BCUT2D eigenvalue weighted by Gasteiger charge is -2.13. The van der Waals surface area contributed by atoms with Gasteiger partial charge in [-0.3, -0.25) is 4.68 Å². The number of nitrogens with one attached hydrogen (secondary N) is 1. The summed E-state index contributed by atoms with van der Waals surface area (Å²) in [6.07, 6.45) is 6.89. The molecule has 2 aromatic heterocycles. The van der Waals surface area contributed by atoms with Crippen LogP contribution in [0.25, 0.3) is 11.2 Å². The fourth-order valence-corrected chi connectivity index (χ4v) is 3.71. The molecule has 19 heavy (non-hydrogen) atoms. The van der Waals surface area contributed by atoms with Crippen LogP contribution in [0.4, 0.5) is 0 Å². The topological polar surface area (TPSA) is 38.5 Å². The number of aryl methyl sites for hydroxylation is 2. The highest BCUT2D eigenvalue weighted by Crippen LogP contribution is 2.48. The van der Waals surface area contributed by atoms with Gasteiger partial charge >= 0.3 is 0 Å². The SMILES string of the molecule is CCCc1nn(C)c2c1[nH]c(=S)n2CC1(SC)CC1. The summed E-state index contributed by atoms with van der Waals surface area (Å²) >= 11 is 7.48. The Morgan fingerprint density at radius 2 is 2.21 bits per heavy atom. The van der Waals surface area contributed by atoms with Gasteiger partial charge in [0.25, 0.3) is 0 Å². The molecule has 0 aliphatic heterocycles. The molecule has 1 saturated carbocycles. The number of aromatic nitrogens is 4. The van der Waals surface area contributed by atoms with E-state index in [0.29, 0.717) is 4.75 Å². The zero-order valence-corrected chi connectivity index (χ0v) is 13.3. The highest BCUT2D eigenvalue weighted by atomic mass is 32.2. The Hall–Kier alpha value is -0.750. The molecule has 104 valence electrons. The van der Waals surface area contributed by atoms with E-state index >= 15 is 0 Å². The third kappa shape index (κ3) is 2.14. The fourth-order valence-electron chi connectivity index (χ4n) is 2.69. The van der Waals surface area contributed by atoms with Crippen molar-refractivity contribution in [3.8, 4) is 0 Å². The first kappa shape index (κ1) is 13.2. The molecule has 0 amide bonds.